The summed E-state index contributed by atoms with van der Waals surface area (Å²) >= 11 is 0. The van der Waals surface area contributed by atoms with Crippen LogP contribution in [0, 0.1) is 0 Å². The molecular weight excluding hydrogens is 617 g/mol. The van der Waals surface area contributed by atoms with E-state index in [0.717, 1.165) is 90.1 Å². The van der Waals surface area contributed by atoms with Gasteiger partial charge in [-0.05, 0) is 42.0 Å². The van der Waals surface area contributed by atoms with E-state index in [1.807, 2.05) is 72.8 Å². The van der Waals surface area contributed by atoms with Crippen LogP contribution in [0.25, 0.3) is 90.1 Å². The molecule has 0 aliphatic heterocycles. The van der Waals surface area contributed by atoms with Crippen molar-refractivity contribution in [3.8, 4) is 90.1 Å². The highest BCUT2D eigenvalue weighted by Gasteiger charge is 2.22. The normalized spacial score (nSPS) is 11.2. The van der Waals surface area contributed by atoms with Crippen molar-refractivity contribution in [2.24, 2.45) is 0 Å². The van der Waals surface area contributed by atoms with Crippen LogP contribution in [-0.2, 0) is 0 Å². The van der Waals surface area contributed by atoms with Crippen molar-refractivity contribution >= 4 is 0 Å². The summed E-state index contributed by atoms with van der Waals surface area (Å²) in [4.78, 5) is 0. The van der Waals surface area contributed by atoms with Crippen molar-refractivity contribution in [1.82, 2.24) is 40.8 Å². The van der Waals surface area contributed by atoms with E-state index in [-0.39, 0.29) is 0 Å². The summed E-state index contributed by atoms with van der Waals surface area (Å²) in [5.74, 6) is 0. The molecule has 0 spiro atoms. The molecule has 8 nitrogen and oxygen atoms in total. The lowest BCUT2D eigenvalue weighted by molar-refractivity contribution is 1.09. The van der Waals surface area contributed by atoms with Gasteiger partial charge in [0.2, 0.25) is 0 Å². The van der Waals surface area contributed by atoms with Crippen LogP contribution < -0.4 is 0 Å². The summed E-state index contributed by atoms with van der Waals surface area (Å²) in [5, 5.41) is 32.3. The molecule has 9 aromatic rings. The van der Waals surface area contributed by atoms with Crippen LogP contribution in [0.15, 0.2) is 158 Å². The highest BCUT2D eigenvalue weighted by molar-refractivity contribution is 5.94. The fourth-order valence-corrected chi connectivity index (χ4v) is 6.35. The highest BCUT2D eigenvalue weighted by atomic mass is 15.1. The Morgan fingerprint density at radius 3 is 0.980 bits per heavy atom. The lowest BCUT2D eigenvalue weighted by Crippen LogP contribution is -1.93. The maximum atomic E-state index is 4.84. The van der Waals surface area contributed by atoms with Gasteiger partial charge in [0, 0.05) is 38.9 Å². The number of benzene rings is 5. The Hall–Kier alpha value is -7.06. The Morgan fingerprint density at radius 2 is 0.560 bits per heavy atom. The number of nitrogens with one attached hydrogen (secondary N) is 4. The van der Waals surface area contributed by atoms with E-state index in [4.69, 9.17) is 20.4 Å². The second-order valence-corrected chi connectivity index (χ2v) is 12.1. The van der Waals surface area contributed by atoms with Gasteiger partial charge in [0.25, 0.3) is 0 Å². The minimum Gasteiger partial charge on any atom is -0.277 e. The van der Waals surface area contributed by atoms with Crippen molar-refractivity contribution in [1.29, 1.82) is 0 Å². The van der Waals surface area contributed by atoms with Crippen LogP contribution in [0.3, 0.4) is 0 Å². The first-order valence-corrected chi connectivity index (χ1v) is 16.4. The van der Waals surface area contributed by atoms with Gasteiger partial charge in [-0.2, -0.15) is 20.4 Å². The van der Waals surface area contributed by atoms with Gasteiger partial charge in [-0.25, -0.2) is 0 Å². The fraction of sp³-hybridized carbons (Fsp3) is 0. The second-order valence-electron chi connectivity index (χ2n) is 12.1. The van der Waals surface area contributed by atoms with Gasteiger partial charge in [-0.3, -0.25) is 20.4 Å². The van der Waals surface area contributed by atoms with E-state index < -0.39 is 0 Å². The zero-order chi connectivity index (χ0) is 33.3. The van der Waals surface area contributed by atoms with Crippen molar-refractivity contribution in [3.05, 3.63) is 158 Å². The van der Waals surface area contributed by atoms with Gasteiger partial charge >= 0.3 is 0 Å². The van der Waals surface area contributed by atoms with Crippen LogP contribution in [0.2, 0.25) is 0 Å². The molecular formula is C42H30N8. The maximum absolute atomic E-state index is 4.84. The molecule has 0 amide bonds. The number of H-pyrrole nitrogens is 4. The second kappa shape index (κ2) is 12.5. The first kappa shape index (κ1) is 29.1. The third-order valence-electron chi connectivity index (χ3n) is 8.91. The van der Waals surface area contributed by atoms with Gasteiger partial charge in [0.1, 0.15) is 0 Å². The van der Waals surface area contributed by atoms with Gasteiger partial charge in [-0.15, -0.1) is 0 Å². The van der Waals surface area contributed by atoms with Crippen LogP contribution >= 0.6 is 0 Å². The van der Waals surface area contributed by atoms with Gasteiger partial charge in [0.15, 0.2) is 0 Å². The third-order valence-corrected chi connectivity index (χ3v) is 8.91. The number of aromatic nitrogens is 8. The summed E-state index contributed by atoms with van der Waals surface area (Å²) in [5.41, 5.74) is 14.9. The molecule has 9 rings (SSSR count). The van der Waals surface area contributed by atoms with Crippen LogP contribution in [0.5, 0.6) is 0 Å². The molecule has 4 N–H and O–H groups in total. The van der Waals surface area contributed by atoms with Crippen LogP contribution in [0.4, 0.5) is 0 Å². The average Bonchev–Trinajstić information content (AvgIpc) is 4.03. The Balaban J connectivity index is 1.26. The lowest BCUT2D eigenvalue weighted by Gasteiger charge is -2.14. The minimum atomic E-state index is 0.805. The highest BCUT2D eigenvalue weighted by Crippen LogP contribution is 2.42. The zero-order valence-electron chi connectivity index (χ0n) is 26.8. The average molecular weight is 647 g/mol. The van der Waals surface area contributed by atoms with E-state index in [1.165, 1.54) is 0 Å². The molecule has 0 bridgehead atoms. The lowest BCUT2D eigenvalue weighted by atomic mass is 9.91. The van der Waals surface area contributed by atoms with Crippen molar-refractivity contribution in [2.45, 2.75) is 0 Å². The predicted molar refractivity (Wildman–Crippen MR) is 199 cm³/mol. The monoisotopic (exact) mass is 646 g/mol. The number of hydrogen-bond donors (Lipinski definition) is 4. The number of aromatic amines is 4. The Kier molecular flexibility index (Phi) is 7.29. The summed E-state index contributed by atoms with van der Waals surface area (Å²) in [6.07, 6.45) is 0. The van der Waals surface area contributed by atoms with Crippen LogP contribution in [-0.4, -0.2) is 40.8 Å². The molecule has 238 valence electrons. The van der Waals surface area contributed by atoms with E-state index in [0.29, 0.717) is 0 Å². The molecule has 0 aliphatic rings. The SMILES string of the molecule is c1ccc(-c2cc(-c3cc(-c4cc(-c5ccccc5)n[nH]4)c(-c4cc(-c5ccccc5)n[nH]4)cc3-c3cc(-c4ccccc4)[nH]n3)[nH]n2)cc1. The summed E-state index contributed by atoms with van der Waals surface area (Å²) in [6.45, 7) is 0. The molecule has 50 heavy (non-hydrogen) atoms. The first-order chi connectivity index (χ1) is 24.8. The first-order valence-electron chi connectivity index (χ1n) is 16.4. The molecule has 0 fully saturated rings. The van der Waals surface area contributed by atoms with E-state index in [1.54, 1.807) is 0 Å². The molecule has 4 heterocycles. The quantitative estimate of drug-likeness (QED) is 0.132. The summed E-state index contributed by atoms with van der Waals surface area (Å²) < 4.78 is 0. The molecule has 4 aromatic heterocycles. The van der Waals surface area contributed by atoms with Gasteiger partial charge in [-0.1, -0.05) is 121 Å². The molecule has 0 unspecified atom stereocenters. The molecule has 5 aromatic carbocycles. The Bertz CT molecular complexity index is 2170. The molecule has 8 heteroatoms. The minimum absolute atomic E-state index is 0.805. The smallest absolute Gasteiger partial charge is 0.0934 e. The Labute approximate surface area is 287 Å². The van der Waals surface area contributed by atoms with E-state index in [2.05, 4.69) is 105 Å². The fourth-order valence-electron chi connectivity index (χ4n) is 6.35. The van der Waals surface area contributed by atoms with Gasteiger partial charge < -0.3 is 0 Å². The summed E-state index contributed by atoms with van der Waals surface area (Å²) in [7, 11) is 0. The predicted octanol–water partition coefficient (Wildman–Crippen LogP) is 9.91. The van der Waals surface area contributed by atoms with Crippen molar-refractivity contribution in [2.75, 3.05) is 0 Å². The summed E-state index contributed by atoms with van der Waals surface area (Å²) in [6, 6.07) is 53.5. The third kappa shape index (κ3) is 5.50. The molecule has 0 aliphatic carbocycles. The standard InChI is InChI=1S/C42H30N8/c1-5-13-27(14-6-1)35-23-39(47-43-35)31-21-33(41-25-37(45-49-41)29-17-9-3-10-18-29)34(42-26-38(46-50-42)30-19-11-4-12-20-30)22-32(31)40-24-36(44-48-40)28-15-7-2-8-16-28/h1-26H,(H,43,47)(H,44,48)(H,45,49)(H,46,50). The molecule has 0 saturated heterocycles. The Morgan fingerprint density at radius 1 is 0.260 bits per heavy atom. The van der Waals surface area contributed by atoms with E-state index >= 15 is 0 Å². The molecule has 0 saturated carbocycles. The number of rotatable bonds is 8. The maximum Gasteiger partial charge on any atom is 0.0934 e. The zero-order valence-corrected chi connectivity index (χ0v) is 26.8. The van der Waals surface area contributed by atoms with Crippen LogP contribution in [0.1, 0.15) is 0 Å². The van der Waals surface area contributed by atoms with Gasteiger partial charge in [0.05, 0.1) is 45.6 Å². The molecule has 0 radical (unpaired) electrons. The number of hydrogen-bond acceptors (Lipinski definition) is 4. The van der Waals surface area contributed by atoms with Crippen molar-refractivity contribution < 1.29 is 0 Å². The topological polar surface area (TPSA) is 115 Å². The van der Waals surface area contributed by atoms with E-state index in [9.17, 15) is 0 Å². The van der Waals surface area contributed by atoms with Crippen molar-refractivity contribution in [3.63, 3.8) is 0 Å². The molecule has 0 atom stereocenters. The largest absolute Gasteiger partial charge is 0.277 e. The number of nitrogens with zero attached hydrogens (tertiary/aromatic N) is 4.